The van der Waals surface area contributed by atoms with Gasteiger partial charge in [0.15, 0.2) is 0 Å². The molecule has 1 N–H and O–H groups in total. The lowest BCUT2D eigenvalue weighted by Crippen LogP contribution is -2.52. The summed E-state index contributed by atoms with van der Waals surface area (Å²) in [4.78, 5) is 5.23. The molecule has 0 amide bonds. The lowest BCUT2D eigenvalue weighted by molar-refractivity contribution is 0.450. The molecule has 0 bridgehead atoms. The van der Waals surface area contributed by atoms with Crippen molar-refractivity contribution >= 4 is 11.4 Å². The van der Waals surface area contributed by atoms with E-state index < -0.39 is 0 Å². The third-order valence-electron chi connectivity index (χ3n) is 5.71. The summed E-state index contributed by atoms with van der Waals surface area (Å²) in [5.41, 5.74) is 5.78. The summed E-state index contributed by atoms with van der Waals surface area (Å²) < 4.78 is 0. The van der Waals surface area contributed by atoms with Crippen molar-refractivity contribution in [2.75, 3.05) is 42.5 Å². The Kier molecular flexibility index (Phi) is 4.93. The molecule has 1 fully saturated rings. The molecule has 1 unspecified atom stereocenters. The summed E-state index contributed by atoms with van der Waals surface area (Å²) in [6.07, 6.45) is 3.71. The van der Waals surface area contributed by atoms with Crippen LogP contribution >= 0.6 is 0 Å². The van der Waals surface area contributed by atoms with Gasteiger partial charge >= 0.3 is 0 Å². The second-order valence-electron chi connectivity index (χ2n) is 7.35. The van der Waals surface area contributed by atoms with E-state index in [2.05, 4.69) is 70.6 Å². The molecular formula is C22H29N3. The summed E-state index contributed by atoms with van der Waals surface area (Å²) in [6, 6.07) is 18.3. The first kappa shape index (κ1) is 16.5. The van der Waals surface area contributed by atoms with Gasteiger partial charge in [0.05, 0.1) is 0 Å². The fourth-order valence-electron chi connectivity index (χ4n) is 4.37. The van der Waals surface area contributed by atoms with Crippen LogP contribution in [-0.4, -0.2) is 38.8 Å². The highest BCUT2D eigenvalue weighted by Crippen LogP contribution is 2.28. The van der Waals surface area contributed by atoms with Crippen molar-refractivity contribution in [1.82, 2.24) is 5.32 Å². The zero-order chi connectivity index (χ0) is 17.1. The first-order valence-electron chi connectivity index (χ1n) is 9.69. The number of para-hydroxylation sites is 2. The quantitative estimate of drug-likeness (QED) is 0.921. The zero-order valence-electron chi connectivity index (χ0n) is 15.2. The van der Waals surface area contributed by atoms with Crippen molar-refractivity contribution in [3.05, 3.63) is 59.7 Å². The minimum Gasteiger partial charge on any atom is -0.371 e. The Morgan fingerprint density at radius 1 is 1.00 bits per heavy atom. The van der Waals surface area contributed by atoms with Crippen molar-refractivity contribution in [2.45, 2.75) is 32.2 Å². The van der Waals surface area contributed by atoms with Crippen molar-refractivity contribution in [3.8, 4) is 0 Å². The Bertz CT molecular complexity index is 712. The fraction of sp³-hybridized carbons (Fsp3) is 0.455. The van der Waals surface area contributed by atoms with Gasteiger partial charge in [-0.25, -0.2) is 0 Å². The highest BCUT2D eigenvalue weighted by molar-refractivity contribution is 5.56. The molecule has 0 spiro atoms. The molecule has 0 aliphatic carbocycles. The van der Waals surface area contributed by atoms with Crippen molar-refractivity contribution in [1.29, 1.82) is 0 Å². The number of nitrogens with zero attached hydrogens (tertiary/aromatic N) is 2. The molecule has 4 rings (SSSR count). The molecule has 3 heteroatoms. The first-order chi connectivity index (χ1) is 12.3. The van der Waals surface area contributed by atoms with Gasteiger partial charge in [-0.2, -0.15) is 0 Å². The normalized spacial score (nSPS) is 20.4. The maximum atomic E-state index is 3.60. The summed E-state index contributed by atoms with van der Waals surface area (Å²) >= 11 is 0. The number of rotatable bonds is 4. The highest BCUT2D eigenvalue weighted by atomic mass is 15.2. The Hall–Kier alpha value is -2.00. The van der Waals surface area contributed by atoms with Crippen LogP contribution in [0.5, 0.6) is 0 Å². The fourth-order valence-corrected chi connectivity index (χ4v) is 4.37. The van der Waals surface area contributed by atoms with Gasteiger partial charge in [0, 0.05) is 50.1 Å². The van der Waals surface area contributed by atoms with Gasteiger partial charge in [-0.15, -0.1) is 0 Å². The van der Waals surface area contributed by atoms with Crippen molar-refractivity contribution in [2.24, 2.45) is 0 Å². The molecule has 1 saturated heterocycles. The summed E-state index contributed by atoms with van der Waals surface area (Å²) in [5.74, 6) is 0. The van der Waals surface area contributed by atoms with Crippen molar-refractivity contribution < 1.29 is 0 Å². The summed E-state index contributed by atoms with van der Waals surface area (Å²) in [5, 5.41) is 3.60. The van der Waals surface area contributed by atoms with Crippen LogP contribution in [0.3, 0.4) is 0 Å². The van der Waals surface area contributed by atoms with E-state index >= 15 is 0 Å². The Morgan fingerprint density at radius 2 is 1.80 bits per heavy atom. The number of nitrogens with one attached hydrogen (secondary N) is 1. The molecule has 2 aliphatic rings. The molecule has 0 radical (unpaired) electrons. The number of piperazine rings is 1. The van der Waals surface area contributed by atoms with Gasteiger partial charge in [0.2, 0.25) is 0 Å². The number of benzene rings is 2. The molecule has 2 aromatic carbocycles. The molecule has 132 valence electrons. The van der Waals surface area contributed by atoms with E-state index in [4.69, 9.17) is 0 Å². The average molecular weight is 335 g/mol. The third-order valence-corrected chi connectivity index (χ3v) is 5.71. The van der Waals surface area contributed by atoms with Crippen LogP contribution in [-0.2, 0) is 6.42 Å². The SMILES string of the molecule is Cc1ccccc1N1CCNCC1CCN1CCCc2ccccc21. The minimum absolute atomic E-state index is 0.573. The molecule has 0 aromatic heterocycles. The lowest BCUT2D eigenvalue weighted by Gasteiger charge is -2.40. The zero-order valence-corrected chi connectivity index (χ0v) is 15.2. The number of hydrogen-bond acceptors (Lipinski definition) is 3. The molecular weight excluding hydrogens is 306 g/mol. The largest absolute Gasteiger partial charge is 0.371 e. The number of anilines is 2. The average Bonchev–Trinajstić information content (AvgIpc) is 2.67. The number of aryl methyl sites for hydroxylation is 2. The molecule has 0 saturated carbocycles. The molecule has 2 aliphatic heterocycles. The Morgan fingerprint density at radius 3 is 2.68 bits per heavy atom. The van der Waals surface area contributed by atoms with Gasteiger partial charge in [-0.05, 0) is 49.4 Å². The highest BCUT2D eigenvalue weighted by Gasteiger charge is 2.25. The van der Waals surface area contributed by atoms with Crippen LogP contribution in [0, 0.1) is 6.92 Å². The van der Waals surface area contributed by atoms with E-state index in [9.17, 15) is 0 Å². The second kappa shape index (κ2) is 7.49. The topological polar surface area (TPSA) is 18.5 Å². The second-order valence-corrected chi connectivity index (χ2v) is 7.35. The van der Waals surface area contributed by atoms with Crippen LogP contribution in [0.25, 0.3) is 0 Å². The smallest absolute Gasteiger partial charge is 0.0432 e. The molecule has 3 nitrogen and oxygen atoms in total. The van der Waals surface area contributed by atoms with Crippen LogP contribution in [0.15, 0.2) is 48.5 Å². The van der Waals surface area contributed by atoms with Gasteiger partial charge < -0.3 is 15.1 Å². The van der Waals surface area contributed by atoms with Gasteiger partial charge in [-0.3, -0.25) is 0 Å². The monoisotopic (exact) mass is 335 g/mol. The minimum atomic E-state index is 0.573. The summed E-state index contributed by atoms with van der Waals surface area (Å²) in [6.45, 7) is 7.84. The standard InChI is InChI=1S/C22H29N3/c1-18-7-2-4-10-21(18)25-16-13-23-17-20(25)12-15-24-14-6-9-19-8-3-5-11-22(19)24/h2-5,7-8,10-11,20,23H,6,9,12-17H2,1H3. The van der Waals surface area contributed by atoms with E-state index in [0.29, 0.717) is 6.04 Å². The lowest BCUT2D eigenvalue weighted by atomic mass is 10.0. The van der Waals surface area contributed by atoms with Crippen molar-refractivity contribution in [3.63, 3.8) is 0 Å². The predicted octanol–water partition coefficient (Wildman–Crippen LogP) is 3.62. The van der Waals surface area contributed by atoms with E-state index in [0.717, 1.165) is 26.2 Å². The number of hydrogen-bond donors (Lipinski definition) is 1. The predicted molar refractivity (Wildman–Crippen MR) is 107 cm³/mol. The van der Waals surface area contributed by atoms with Crippen LogP contribution in [0.2, 0.25) is 0 Å². The van der Waals surface area contributed by atoms with Crippen LogP contribution in [0.1, 0.15) is 24.0 Å². The maximum absolute atomic E-state index is 3.60. The van der Waals surface area contributed by atoms with Gasteiger partial charge in [0.25, 0.3) is 0 Å². The third kappa shape index (κ3) is 3.52. The molecule has 2 heterocycles. The molecule has 1 atom stereocenters. The van der Waals surface area contributed by atoms with Crippen LogP contribution < -0.4 is 15.1 Å². The summed E-state index contributed by atoms with van der Waals surface area (Å²) in [7, 11) is 0. The Balaban J connectivity index is 1.47. The van der Waals surface area contributed by atoms with Gasteiger partial charge in [0.1, 0.15) is 0 Å². The van der Waals surface area contributed by atoms with E-state index in [-0.39, 0.29) is 0 Å². The van der Waals surface area contributed by atoms with Gasteiger partial charge in [-0.1, -0.05) is 36.4 Å². The molecule has 25 heavy (non-hydrogen) atoms. The number of fused-ring (bicyclic) bond motifs is 1. The van der Waals surface area contributed by atoms with E-state index in [1.54, 1.807) is 0 Å². The first-order valence-corrected chi connectivity index (χ1v) is 9.69. The van der Waals surface area contributed by atoms with E-state index in [1.807, 2.05) is 0 Å². The maximum Gasteiger partial charge on any atom is 0.0432 e. The van der Waals surface area contributed by atoms with Crippen LogP contribution in [0.4, 0.5) is 11.4 Å². The Labute approximate surface area is 151 Å². The molecule has 2 aromatic rings. The van der Waals surface area contributed by atoms with E-state index in [1.165, 1.54) is 48.3 Å².